The van der Waals surface area contributed by atoms with Gasteiger partial charge in [-0.3, -0.25) is 4.57 Å². The van der Waals surface area contributed by atoms with Gasteiger partial charge < -0.3 is 19.5 Å². The smallest absolute Gasteiger partial charge is 0.354 e. The summed E-state index contributed by atoms with van der Waals surface area (Å²) < 4.78 is 23.1. The van der Waals surface area contributed by atoms with Gasteiger partial charge in [0.2, 0.25) is 0 Å². The molecular weight excluding hydrogens is 401 g/mol. The summed E-state index contributed by atoms with van der Waals surface area (Å²) in [5, 5.41) is 11.5. The fourth-order valence-electron chi connectivity index (χ4n) is 2.79. The quantitative estimate of drug-likeness (QED) is 0.304. The van der Waals surface area contributed by atoms with Crippen molar-refractivity contribution >= 4 is 24.7 Å². The van der Waals surface area contributed by atoms with Crippen LogP contribution in [0.25, 0.3) is 0 Å². The second-order valence-electron chi connectivity index (χ2n) is 6.38. The molecule has 30 heavy (non-hydrogen) atoms. The molecule has 8 heteroatoms. The van der Waals surface area contributed by atoms with Gasteiger partial charge in [-0.2, -0.15) is 10.2 Å². The van der Waals surface area contributed by atoms with Gasteiger partial charge >= 0.3 is 7.60 Å². The summed E-state index contributed by atoms with van der Waals surface area (Å²) in [6.45, 7) is 1.81. The third-order valence-electron chi connectivity index (χ3n) is 4.28. The molecule has 0 spiro atoms. The summed E-state index contributed by atoms with van der Waals surface area (Å²) in [6, 6.07) is 23.5. The van der Waals surface area contributed by atoms with Crippen molar-refractivity contribution in [1.29, 1.82) is 0 Å². The zero-order chi connectivity index (χ0) is 21.4. The van der Waals surface area contributed by atoms with Crippen LogP contribution < -0.4 is 10.1 Å². The standard InChI is InChI=1S/C22H24N3O4P/c1-3-29-30(26,27)22(17-9-15-21(28-2)16-10-17)23-18-11-13-20(14-12-18)25-24-19-7-5-4-6-8-19/h4-16,22-23H,3H2,1-2H3,(H,26,27). The van der Waals surface area contributed by atoms with E-state index in [0.717, 1.165) is 5.69 Å². The number of benzene rings is 3. The minimum Gasteiger partial charge on any atom is -0.497 e. The number of nitrogens with zero attached hydrogens (tertiary/aromatic N) is 2. The lowest BCUT2D eigenvalue weighted by molar-refractivity contribution is 0.267. The molecular formula is C22H24N3O4P. The van der Waals surface area contributed by atoms with Crippen LogP contribution in [0.4, 0.5) is 17.1 Å². The molecule has 3 rings (SSSR count). The average molecular weight is 425 g/mol. The summed E-state index contributed by atoms with van der Waals surface area (Å²) in [6.07, 6.45) is 0. The van der Waals surface area contributed by atoms with Crippen molar-refractivity contribution in [2.75, 3.05) is 19.0 Å². The van der Waals surface area contributed by atoms with Crippen molar-refractivity contribution in [1.82, 2.24) is 0 Å². The van der Waals surface area contributed by atoms with Crippen LogP contribution in [-0.2, 0) is 9.09 Å². The number of methoxy groups -OCH3 is 1. The predicted molar refractivity (Wildman–Crippen MR) is 118 cm³/mol. The molecule has 0 amide bonds. The number of ether oxygens (including phenoxy) is 1. The van der Waals surface area contributed by atoms with E-state index in [-0.39, 0.29) is 6.61 Å². The predicted octanol–water partition coefficient (Wildman–Crippen LogP) is 6.44. The topological polar surface area (TPSA) is 92.5 Å². The molecule has 2 atom stereocenters. The van der Waals surface area contributed by atoms with Crippen LogP contribution in [0, 0.1) is 0 Å². The molecule has 0 aromatic heterocycles. The molecule has 0 saturated carbocycles. The van der Waals surface area contributed by atoms with Gasteiger partial charge in [-0.1, -0.05) is 30.3 Å². The highest BCUT2D eigenvalue weighted by Gasteiger charge is 2.33. The molecule has 2 N–H and O–H groups in total. The van der Waals surface area contributed by atoms with Crippen LogP contribution in [-0.4, -0.2) is 18.6 Å². The first kappa shape index (κ1) is 21.7. The van der Waals surface area contributed by atoms with E-state index in [1.165, 1.54) is 0 Å². The average Bonchev–Trinajstić information content (AvgIpc) is 2.77. The molecule has 3 aromatic rings. The van der Waals surface area contributed by atoms with E-state index in [4.69, 9.17) is 9.26 Å². The molecule has 156 valence electrons. The molecule has 0 bridgehead atoms. The lowest BCUT2D eigenvalue weighted by atomic mass is 10.2. The Morgan fingerprint density at radius 1 is 0.933 bits per heavy atom. The Balaban J connectivity index is 1.79. The largest absolute Gasteiger partial charge is 0.497 e. The Hall–Kier alpha value is -2.99. The normalized spacial score (nSPS) is 14.2. The highest BCUT2D eigenvalue weighted by molar-refractivity contribution is 7.53. The first-order valence-electron chi connectivity index (χ1n) is 9.46. The van der Waals surface area contributed by atoms with Crippen molar-refractivity contribution in [3.05, 3.63) is 84.4 Å². The maximum atomic E-state index is 12.8. The van der Waals surface area contributed by atoms with Crippen LogP contribution in [0.15, 0.2) is 89.1 Å². The van der Waals surface area contributed by atoms with Crippen LogP contribution >= 0.6 is 7.60 Å². The van der Waals surface area contributed by atoms with Crippen LogP contribution in [0.2, 0.25) is 0 Å². The second-order valence-corrected chi connectivity index (χ2v) is 8.29. The fraction of sp³-hybridized carbons (Fsp3) is 0.182. The molecule has 3 aromatic carbocycles. The van der Waals surface area contributed by atoms with E-state index in [9.17, 15) is 9.46 Å². The Kier molecular flexibility index (Phi) is 7.36. The fourth-order valence-corrected chi connectivity index (χ4v) is 4.17. The van der Waals surface area contributed by atoms with Gasteiger partial charge in [0.1, 0.15) is 5.75 Å². The molecule has 7 nitrogen and oxygen atoms in total. The molecule has 0 saturated heterocycles. The van der Waals surface area contributed by atoms with E-state index in [1.807, 2.05) is 30.3 Å². The monoisotopic (exact) mass is 425 g/mol. The maximum Gasteiger partial charge on any atom is 0.354 e. The number of nitrogens with one attached hydrogen (secondary N) is 1. The van der Waals surface area contributed by atoms with E-state index < -0.39 is 13.4 Å². The van der Waals surface area contributed by atoms with Crippen molar-refractivity contribution < 1.29 is 18.7 Å². The summed E-state index contributed by atoms with van der Waals surface area (Å²) in [7, 11) is -2.40. The Labute approximate surface area is 175 Å². The second kappa shape index (κ2) is 10.2. The molecule has 0 radical (unpaired) electrons. The molecule has 0 aliphatic carbocycles. The summed E-state index contributed by atoms with van der Waals surface area (Å²) >= 11 is 0. The molecule has 0 aliphatic heterocycles. The third-order valence-corrected chi connectivity index (χ3v) is 5.99. The SMILES string of the molecule is CCOP(=O)(O)C(Nc1ccc(N=Nc2ccccc2)cc1)c1ccc(OC)cc1. The molecule has 0 fully saturated rings. The van der Waals surface area contributed by atoms with Gasteiger partial charge in [-0.05, 0) is 61.0 Å². The molecule has 2 unspecified atom stereocenters. The summed E-state index contributed by atoms with van der Waals surface area (Å²) in [5.74, 6) is -0.269. The summed E-state index contributed by atoms with van der Waals surface area (Å²) in [5.41, 5.74) is 2.70. The lowest BCUT2D eigenvalue weighted by Crippen LogP contribution is -2.13. The van der Waals surface area contributed by atoms with E-state index in [0.29, 0.717) is 22.7 Å². The zero-order valence-electron chi connectivity index (χ0n) is 16.8. The van der Waals surface area contributed by atoms with Gasteiger partial charge in [0.15, 0.2) is 5.78 Å². The third kappa shape index (κ3) is 5.76. The van der Waals surface area contributed by atoms with E-state index in [2.05, 4.69) is 15.5 Å². The zero-order valence-corrected chi connectivity index (χ0v) is 17.7. The lowest BCUT2D eigenvalue weighted by Gasteiger charge is -2.25. The number of rotatable bonds is 9. The molecule has 0 aliphatic rings. The van der Waals surface area contributed by atoms with Crippen molar-refractivity contribution in [3.8, 4) is 5.75 Å². The van der Waals surface area contributed by atoms with Gasteiger partial charge in [0.25, 0.3) is 0 Å². The van der Waals surface area contributed by atoms with Crippen LogP contribution in [0.1, 0.15) is 18.3 Å². The van der Waals surface area contributed by atoms with Gasteiger partial charge in [-0.25, -0.2) is 0 Å². The number of hydrogen-bond donors (Lipinski definition) is 2. The Morgan fingerprint density at radius 2 is 1.53 bits per heavy atom. The van der Waals surface area contributed by atoms with Gasteiger partial charge in [-0.15, -0.1) is 0 Å². The minimum atomic E-state index is -3.97. The van der Waals surface area contributed by atoms with Crippen molar-refractivity contribution in [2.45, 2.75) is 12.7 Å². The van der Waals surface area contributed by atoms with Crippen LogP contribution in [0.3, 0.4) is 0 Å². The number of hydrogen-bond acceptors (Lipinski definition) is 6. The van der Waals surface area contributed by atoms with Crippen molar-refractivity contribution in [3.63, 3.8) is 0 Å². The number of azo groups is 1. The van der Waals surface area contributed by atoms with Gasteiger partial charge in [0, 0.05) is 5.69 Å². The first-order valence-corrected chi connectivity index (χ1v) is 11.1. The Morgan fingerprint density at radius 3 is 2.10 bits per heavy atom. The van der Waals surface area contributed by atoms with Crippen molar-refractivity contribution in [2.24, 2.45) is 10.2 Å². The van der Waals surface area contributed by atoms with Gasteiger partial charge in [0.05, 0.1) is 25.1 Å². The Bertz CT molecular complexity index is 1010. The molecule has 0 heterocycles. The maximum absolute atomic E-state index is 12.8. The number of anilines is 1. The summed E-state index contributed by atoms with van der Waals surface area (Å²) in [4.78, 5) is 10.5. The van der Waals surface area contributed by atoms with E-state index >= 15 is 0 Å². The van der Waals surface area contributed by atoms with E-state index in [1.54, 1.807) is 62.6 Å². The highest BCUT2D eigenvalue weighted by atomic mass is 31.2. The minimum absolute atomic E-state index is 0.126. The first-order chi connectivity index (χ1) is 14.5. The highest BCUT2D eigenvalue weighted by Crippen LogP contribution is 2.56. The van der Waals surface area contributed by atoms with Crippen LogP contribution in [0.5, 0.6) is 5.75 Å².